The van der Waals surface area contributed by atoms with Crippen molar-refractivity contribution in [2.24, 2.45) is 7.05 Å². The van der Waals surface area contributed by atoms with Gasteiger partial charge in [-0.25, -0.2) is 9.97 Å². The van der Waals surface area contributed by atoms with Gasteiger partial charge in [0.25, 0.3) is 5.91 Å². The van der Waals surface area contributed by atoms with E-state index in [0.717, 1.165) is 27.7 Å². The van der Waals surface area contributed by atoms with E-state index in [-0.39, 0.29) is 30.9 Å². The molecule has 0 fully saturated rings. The van der Waals surface area contributed by atoms with Crippen LogP contribution in [0.15, 0.2) is 66.0 Å². The van der Waals surface area contributed by atoms with Crippen molar-refractivity contribution in [1.29, 1.82) is 0 Å². The number of rotatable bonds is 6. The highest BCUT2D eigenvalue weighted by Gasteiger charge is 2.15. The molecule has 4 aromatic rings. The third kappa shape index (κ3) is 5.04. The molecule has 1 atom stereocenters. The molecule has 2 N–H and O–H groups in total. The fourth-order valence-corrected chi connectivity index (χ4v) is 3.65. The van der Waals surface area contributed by atoms with Crippen molar-refractivity contribution in [3.8, 4) is 11.3 Å². The summed E-state index contributed by atoms with van der Waals surface area (Å²) in [7, 11) is 3.33. The summed E-state index contributed by atoms with van der Waals surface area (Å²) in [6, 6.07) is 12.8. The number of nitrogens with zero attached hydrogens (tertiary/aromatic N) is 4. The minimum atomic E-state index is -0.132. The van der Waals surface area contributed by atoms with E-state index in [0.29, 0.717) is 17.9 Å². The van der Waals surface area contributed by atoms with E-state index in [1.54, 1.807) is 38.6 Å². The second-order valence-corrected chi connectivity index (χ2v) is 7.62. The Bertz CT molecular complexity index is 1350. The number of anilines is 1. The number of carbonyl (C=O) groups excluding carboxylic acids is 1. The quantitative estimate of drug-likeness (QED) is 0.457. The highest BCUT2D eigenvalue weighted by atomic mass is 32.1. The second-order valence-electron chi connectivity index (χ2n) is 7.62. The molecule has 8 nitrogen and oxygen atoms in total. The summed E-state index contributed by atoms with van der Waals surface area (Å²) in [6.45, 7) is 2.72. The standard InChI is InChI=1S/C24H24N6O2.H2S/c1-15(17-5-4-6-18-19(24(32)25-2)9-10-26-23(17)18)12-27-21-11-20(28-14-29-21)16-7-8-22(31)30(3)13-16;/h4-11,13-15H,12H2,1-3H3,(H,25,32)(H,27,28,29);1H2/t15-;/m1./s1. The number of para-hydroxylation sites is 1. The Morgan fingerprint density at radius 1 is 1.12 bits per heavy atom. The zero-order chi connectivity index (χ0) is 22.7. The van der Waals surface area contributed by atoms with Gasteiger partial charge in [-0.2, -0.15) is 13.5 Å². The summed E-state index contributed by atoms with van der Waals surface area (Å²) in [6.07, 6.45) is 4.92. The number of pyridine rings is 2. The topological polar surface area (TPSA) is 102 Å². The zero-order valence-electron chi connectivity index (χ0n) is 18.7. The molecule has 0 bridgehead atoms. The predicted molar refractivity (Wildman–Crippen MR) is 135 cm³/mol. The van der Waals surface area contributed by atoms with Gasteiger partial charge in [0.2, 0.25) is 5.56 Å². The van der Waals surface area contributed by atoms with Gasteiger partial charge in [0.05, 0.1) is 16.8 Å². The average Bonchev–Trinajstić information content (AvgIpc) is 2.83. The van der Waals surface area contributed by atoms with E-state index in [9.17, 15) is 9.59 Å². The van der Waals surface area contributed by atoms with E-state index >= 15 is 0 Å². The van der Waals surface area contributed by atoms with Crippen LogP contribution < -0.4 is 16.2 Å². The Labute approximate surface area is 198 Å². The number of benzene rings is 1. The lowest BCUT2D eigenvalue weighted by Crippen LogP contribution is -2.18. The van der Waals surface area contributed by atoms with Crippen LogP contribution in [0.2, 0.25) is 0 Å². The maximum Gasteiger partial charge on any atom is 0.251 e. The van der Waals surface area contributed by atoms with Crippen molar-refractivity contribution < 1.29 is 4.79 Å². The average molecular weight is 463 g/mol. The van der Waals surface area contributed by atoms with Gasteiger partial charge in [0.15, 0.2) is 0 Å². The number of fused-ring (bicyclic) bond motifs is 1. The van der Waals surface area contributed by atoms with Gasteiger partial charge in [-0.3, -0.25) is 14.6 Å². The Morgan fingerprint density at radius 2 is 1.94 bits per heavy atom. The molecule has 0 unspecified atom stereocenters. The molecule has 0 aliphatic rings. The van der Waals surface area contributed by atoms with Crippen LogP contribution in [0, 0.1) is 0 Å². The summed E-state index contributed by atoms with van der Waals surface area (Å²) >= 11 is 0. The molecule has 9 heteroatoms. The van der Waals surface area contributed by atoms with E-state index in [2.05, 4.69) is 32.5 Å². The number of carbonyl (C=O) groups is 1. The number of aryl methyl sites for hydroxylation is 1. The molecule has 0 aliphatic carbocycles. The van der Waals surface area contributed by atoms with Gasteiger partial charge >= 0.3 is 0 Å². The van der Waals surface area contributed by atoms with Crippen LogP contribution >= 0.6 is 13.5 Å². The molecule has 0 saturated heterocycles. The van der Waals surface area contributed by atoms with Crippen molar-refractivity contribution >= 4 is 36.1 Å². The largest absolute Gasteiger partial charge is 0.369 e. The number of hydrogen-bond acceptors (Lipinski definition) is 6. The normalized spacial score (nSPS) is 11.5. The van der Waals surface area contributed by atoms with Crippen molar-refractivity contribution in [3.05, 3.63) is 82.7 Å². The lowest BCUT2D eigenvalue weighted by Gasteiger charge is -2.16. The molecule has 3 aromatic heterocycles. The van der Waals surface area contributed by atoms with Gasteiger partial charge in [-0.05, 0) is 17.7 Å². The lowest BCUT2D eigenvalue weighted by atomic mass is 9.96. The van der Waals surface area contributed by atoms with E-state index in [1.165, 1.54) is 17.0 Å². The van der Waals surface area contributed by atoms with Gasteiger partial charge < -0.3 is 15.2 Å². The van der Waals surface area contributed by atoms with Crippen LogP contribution in [0.5, 0.6) is 0 Å². The number of hydrogen-bond donors (Lipinski definition) is 2. The fraction of sp³-hybridized carbons (Fsp3) is 0.208. The number of nitrogens with one attached hydrogen (secondary N) is 2. The van der Waals surface area contributed by atoms with Gasteiger partial charge in [-0.1, -0.05) is 25.1 Å². The fourth-order valence-electron chi connectivity index (χ4n) is 3.65. The minimum Gasteiger partial charge on any atom is -0.369 e. The second kappa shape index (κ2) is 10.3. The molecule has 4 rings (SSSR count). The van der Waals surface area contributed by atoms with E-state index in [4.69, 9.17) is 0 Å². The molecule has 3 heterocycles. The zero-order valence-corrected chi connectivity index (χ0v) is 19.7. The van der Waals surface area contributed by atoms with Crippen LogP contribution in [0.25, 0.3) is 22.2 Å². The molecule has 0 radical (unpaired) electrons. The van der Waals surface area contributed by atoms with Crippen molar-refractivity contribution in [3.63, 3.8) is 0 Å². The predicted octanol–water partition coefficient (Wildman–Crippen LogP) is 3.08. The first-order valence-electron chi connectivity index (χ1n) is 10.3. The Balaban J connectivity index is 0.00000306. The SMILES string of the molecule is CNC(=O)c1ccnc2c([C@H](C)CNc3cc(-c4ccc(=O)n(C)c4)ncn3)cccc12.S. The van der Waals surface area contributed by atoms with Crippen molar-refractivity contribution in [2.75, 3.05) is 18.9 Å². The molecule has 170 valence electrons. The van der Waals surface area contributed by atoms with Crippen molar-refractivity contribution in [1.82, 2.24) is 24.8 Å². The molecule has 1 amide bonds. The van der Waals surface area contributed by atoms with Crippen LogP contribution in [-0.2, 0) is 7.05 Å². The monoisotopic (exact) mass is 462 g/mol. The molecule has 0 spiro atoms. The van der Waals surface area contributed by atoms with Crippen LogP contribution in [0.3, 0.4) is 0 Å². The highest BCUT2D eigenvalue weighted by molar-refractivity contribution is 7.59. The molecule has 0 aliphatic heterocycles. The first-order chi connectivity index (χ1) is 15.5. The summed E-state index contributed by atoms with van der Waals surface area (Å²) < 4.78 is 1.52. The van der Waals surface area contributed by atoms with Gasteiger partial charge in [0, 0.05) is 62.0 Å². The van der Waals surface area contributed by atoms with Crippen LogP contribution in [0.1, 0.15) is 28.8 Å². The molecular formula is C24H26N6O2S. The van der Waals surface area contributed by atoms with E-state index < -0.39 is 0 Å². The Morgan fingerprint density at radius 3 is 2.70 bits per heavy atom. The molecule has 1 aromatic carbocycles. The van der Waals surface area contributed by atoms with Crippen molar-refractivity contribution in [2.45, 2.75) is 12.8 Å². The Kier molecular flexibility index (Phi) is 7.44. The summed E-state index contributed by atoms with van der Waals surface area (Å²) in [5, 5.41) is 6.88. The number of amides is 1. The smallest absolute Gasteiger partial charge is 0.251 e. The highest BCUT2D eigenvalue weighted by Crippen LogP contribution is 2.27. The maximum atomic E-state index is 12.2. The third-order valence-corrected chi connectivity index (χ3v) is 5.44. The summed E-state index contributed by atoms with van der Waals surface area (Å²) in [5.74, 6) is 0.671. The van der Waals surface area contributed by atoms with E-state index in [1.807, 2.05) is 24.3 Å². The van der Waals surface area contributed by atoms with Crippen LogP contribution in [0.4, 0.5) is 5.82 Å². The first-order valence-corrected chi connectivity index (χ1v) is 10.3. The summed E-state index contributed by atoms with van der Waals surface area (Å²) in [5.41, 5.74) is 3.97. The Hall–Kier alpha value is -3.72. The van der Waals surface area contributed by atoms with Gasteiger partial charge in [0.1, 0.15) is 12.1 Å². The third-order valence-electron chi connectivity index (χ3n) is 5.44. The van der Waals surface area contributed by atoms with Gasteiger partial charge in [-0.15, -0.1) is 0 Å². The molecular weight excluding hydrogens is 436 g/mol. The van der Waals surface area contributed by atoms with Crippen LogP contribution in [-0.4, -0.2) is 39.0 Å². The maximum absolute atomic E-state index is 12.2. The number of aromatic nitrogens is 4. The first kappa shape index (κ1) is 23.9. The minimum absolute atomic E-state index is 0. The lowest BCUT2D eigenvalue weighted by molar-refractivity contribution is 0.0964. The molecule has 33 heavy (non-hydrogen) atoms. The summed E-state index contributed by atoms with van der Waals surface area (Å²) in [4.78, 5) is 37.1. The molecule has 0 saturated carbocycles.